The fourth-order valence-electron chi connectivity index (χ4n) is 6.40. The van der Waals surface area contributed by atoms with E-state index in [1.54, 1.807) is 18.2 Å². The highest BCUT2D eigenvalue weighted by Crippen LogP contribution is 2.50. The maximum Gasteiger partial charge on any atom is 0.305 e. The highest BCUT2D eigenvalue weighted by Gasteiger charge is 2.43. The van der Waals surface area contributed by atoms with Gasteiger partial charge in [-0.25, -0.2) is 0 Å². The summed E-state index contributed by atoms with van der Waals surface area (Å²) in [5.41, 5.74) is 5.24. The van der Waals surface area contributed by atoms with Crippen LogP contribution in [0.25, 0.3) is 0 Å². The van der Waals surface area contributed by atoms with Gasteiger partial charge in [-0.15, -0.1) is 6.58 Å². The maximum absolute atomic E-state index is 13.7. The quantitative estimate of drug-likeness (QED) is 0.258. The van der Waals surface area contributed by atoms with Gasteiger partial charge in [-0.05, 0) is 62.8 Å². The molecule has 1 N–H and O–H groups in total. The molecule has 0 spiro atoms. The Balaban J connectivity index is 1.65. The second kappa shape index (κ2) is 13.4. The van der Waals surface area contributed by atoms with Gasteiger partial charge in [0, 0.05) is 69.0 Å². The molecule has 0 saturated carbocycles. The van der Waals surface area contributed by atoms with Gasteiger partial charge >= 0.3 is 5.97 Å². The molecule has 0 aromatic heterocycles. The predicted octanol–water partition coefficient (Wildman–Crippen LogP) is 7.59. The maximum atomic E-state index is 13.7. The topological polar surface area (TPSA) is 93.1 Å². The van der Waals surface area contributed by atoms with Crippen LogP contribution in [0.2, 0.25) is 10.0 Å². The zero-order valence-corrected chi connectivity index (χ0v) is 25.7. The average Bonchev–Trinajstić information content (AvgIpc) is 2.96. The van der Waals surface area contributed by atoms with Crippen molar-refractivity contribution in [3.05, 3.63) is 92.3 Å². The first kappa shape index (κ1) is 30.9. The van der Waals surface area contributed by atoms with Crippen molar-refractivity contribution in [2.24, 2.45) is 0 Å². The van der Waals surface area contributed by atoms with E-state index in [2.05, 4.69) is 6.58 Å². The molecule has 226 valence electrons. The van der Waals surface area contributed by atoms with Crippen LogP contribution < -0.4 is 9.47 Å². The van der Waals surface area contributed by atoms with Gasteiger partial charge in [-0.3, -0.25) is 14.4 Å². The summed E-state index contributed by atoms with van der Waals surface area (Å²) >= 11 is 12.5. The molecule has 2 aromatic carbocycles. The predicted molar refractivity (Wildman–Crippen MR) is 166 cm³/mol. The van der Waals surface area contributed by atoms with Crippen molar-refractivity contribution in [1.82, 2.24) is 4.90 Å². The number of Topliss-reactive ketones (excluding diaryl/α,β-unsaturated/α-hetero) is 2. The molecule has 1 heterocycles. The summed E-state index contributed by atoms with van der Waals surface area (Å²) < 4.78 is 12.4. The summed E-state index contributed by atoms with van der Waals surface area (Å²) in [4.78, 5) is 40.8. The van der Waals surface area contributed by atoms with Crippen molar-refractivity contribution >= 4 is 40.7 Å². The van der Waals surface area contributed by atoms with Crippen LogP contribution in [0.4, 0.5) is 0 Å². The number of hydrogen-bond donors (Lipinski definition) is 1. The molecule has 0 saturated heterocycles. The van der Waals surface area contributed by atoms with E-state index in [4.69, 9.17) is 32.7 Å². The second-order valence-electron chi connectivity index (χ2n) is 11.0. The second-order valence-corrected chi connectivity index (χ2v) is 11.8. The first-order chi connectivity index (χ1) is 20.7. The van der Waals surface area contributed by atoms with Crippen LogP contribution in [-0.2, 0) is 27.4 Å². The third kappa shape index (κ3) is 6.38. The number of benzene rings is 2. The fraction of sp³-hybridized carbons (Fsp3) is 0.382. The van der Waals surface area contributed by atoms with Crippen LogP contribution in [0.3, 0.4) is 0 Å². The van der Waals surface area contributed by atoms with Crippen molar-refractivity contribution in [3.8, 4) is 11.5 Å². The van der Waals surface area contributed by atoms with Crippen LogP contribution in [-0.4, -0.2) is 40.7 Å². The number of rotatable bonds is 11. The number of ketones is 2. The van der Waals surface area contributed by atoms with Gasteiger partial charge in [0.1, 0.15) is 6.61 Å². The SMILES string of the molecule is C=CCc1cc(C2C3=C(CCCC3=O)N(CCC(=O)O)C3=C2C(=O)CCC3)cc(OCC)c1OCc1ccc(Cl)cc1Cl. The summed E-state index contributed by atoms with van der Waals surface area (Å²) in [6.45, 7) is 6.62. The van der Waals surface area contributed by atoms with E-state index < -0.39 is 11.9 Å². The number of ether oxygens (including phenoxy) is 2. The van der Waals surface area contributed by atoms with Gasteiger partial charge in [-0.1, -0.05) is 41.4 Å². The molecule has 3 aliphatic rings. The van der Waals surface area contributed by atoms with E-state index in [1.807, 2.05) is 30.0 Å². The molecule has 43 heavy (non-hydrogen) atoms. The van der Waals surface area contributed by atoms with Crippen LogP contribution in [0.1, 0.15) is 74.5 Å². The number of allylic oxidation sites excluding steroid dienone is 5. The average molecular weight is 625 g/mol. The van der Waals surface area contributed by atoms with Crippen molar-refractivity contribution in [3.63, 3.8) is 0 Å². The zero-order valence-electron chi connectivity index (χ0n) is 24.2. The number of halogens is 2. The van der Waals surface area contributed by atoms with Crippen molar-refractivity contribution < 1.29 is 29.0 Å². The largest absolute Gasteiger partial charge is 0.490 e. The van der Waals surface area contributed by atoms with E-state index >= 15 is 0 Å². The minimum atomic E-state index is -0.915. The van der Waals surface area contributed by atoms with Crippen LogP contribution >= 0.6 is 23.2 Å². The monoisotopic (exact) mass is 623 g/mol. The van der Waals surface area contributed by atoms with E-state index in [0.29, 0.717) is 84.2 Å². The molecule has 7 nitrogen and oxygen atoms in total. The summed E-state index contributed by atoms with van der Waals surface area (Å²) in [5.74, 6) is -0.430. The smallest absolute Gasteiger partial charge is 0.305 e. The van der Waals surface area contributed by atoms with Gasteiger partial charge in [0.05, 0.1) is 13.0 Å². The molecule has 0 amide bonds. The van der Waals surface area contributed by atoms with Gasteiger partial charge in [0.2, 0.25) is 0 Å². The minimum absolute atomic E-state index is 0.00237. The lowest BCUT2D eigenvalue weighted by atomic mass is 9.70. The lowest BCUT2D eigenvalue weighted by Crippen LogP contribution is -2.40. The molecule has 5 rings (SSSR count). The third-order valence-corrected chi connectivity index (χ3v) is 8.76. The normalized spacial score (nSPS) is 17.1. The Hall–Kier alpha value is -3.55. The van der Waals surface area contributed by atoms with Gasteiger partial charge in [-0.2, -0.15) is 0 Å². The Morgan fingerprint density at radius 1 is 1.00 bits per heavy atom. The molecule has 0 unspecified atom stereocenters. The van der Waals surface area contributed by atoms with E-state index in [-0.39, 0.29) is 31.1 Å². The number of hydrogen-bond acceptors (Lipinski definition) is 6. The zero-order chi connectivity index (χ0) is 30.7. The fourth-order valence-corrected chi connectivity index (χ4v) is 6.86. The Labute approximate surface area is 261 Å². The molecule has 0 radical (unpaired) electrons. The van der Waals surface area contributed by atoms with Gasteiger partial charge in [0.25, 0.3) is 0 Å². The third-order valence-electron chi connectivity index (χ3n) is 8.17. The summed E-state index contributed by atoms with van der Waals surface area (Å²) in [6, 6.07) is 9.10. The van der Waals surface area contributed by atoms with Crippen LogP contribution in [0, 0.1) is 0 Å². The minimum Gasteiger partial charge on any atom is -0.490 e. The molecule has 2 aromatic rings. The number of carboxylic acid groups (broad SMARTS) is 1. The molecule has 2 aliphatic carbocycles. The standard InChI is InChI=1S/C34H35Cl2NO6/c1-3-7-20-16-22(17-29(42-4-2)34(20)43-19-21-12-13-23(35)18-24(21)36)31-32-25(8-5-10-27(32)38)37(15-14-30(40)41)26-9-6-11-28(39)33(26)31/h3,12-13,16-18,31H,1,4-11,14-15,19H2,2H3,(H,40,41). The van der Waals surface area contributed by atoms with Crippen molar-refractivity contribution in [1.29, 1.82) is 0 Å². The summed E-state index contributed by atoms with van der Waals surface area (Å²) in [5, 5.41) is 10.5. The van der Waals surface area contributed by atoms with Crippen LogP contribution in [0.5, 0.6) is 11.5 Å². The first-order valence-electron chi connectivity index (χ1n) is 14.7. The first-order valence-corrected chi connectivity index (χ1v) is 15.5. The number of aliphatic carboxylic acids is 1. The molecule has 0 fully saturated rings. The van der Waals surface area contributed by atoms with Gasteiger partial charge < -0.3 is 19.5 Å². The lowest BCUT2D eigenvalue weighted by molar-refractivity contribution is -0.137. The molecule has 0 bridgehead atoms. The highest BCUT2D eigenvalue weighted by molar-refractivity contribution is 6.35. The number of nitrogens with zero attached hydrogens (tertiary/aromatic N) is 1. The number of carbonyl (C=O) groups is 3. The molecular formula is C34H35Cl2NO6. The number of carboxylic acids is 1. The summed E-state index contributed by atoms with van der Waals surface area (Å²) in [6.07, 6.45) is 5.63. The van der Waals surface area contributed by atoms with E-state index in [1.165, 1.54) is 0 Å². The Morgan fingerprint density at radius 2 is 1.67 bits per heavy atom. The Morgan fingerprint density at radius 3 is 2.26 bits per heavy atom. The molecule has 1 aliphatic heterocycles. The van der Waals surface area contributed by atoms with Crippen LogP contribution in [0.15, 0.2) is 65.5 Å². The van der Waals surface area contributed by atoms with E-state index in [9.17, 15) is 19.5 Å². The highest BCUT2D eigenvalue weighted by atomic mass is 35.5. The number of carbonyl (C=O) groups excluding carboxylic acids is 2. The molecule has 0 atom stereocenters. The van der Waals surface area contributed by atoms with E-state index in [0.717, 1.165) is 28.1 Å². The van der Waals surface area contributed by atoms with Crippen molar-refractivity contribution in [2.75, 3.05) is 13.2 Å². The lowest BCUT2D eigenvalue weighted by Gasteiger charge is -2.44. The molecular weight excluding hydrogens is 589 g/mol. The van der Waals surface area contributed by atoms with Crippen molar-refractivity contribution in [2.45, 2.75) is 70.8 Å². The Bertz CT molecular complexity index is 1500. The Kier molecular flexibility index (Phi) is 9.62. The van der Waals surface area contributed by atoms with Gasteiger partial charge in [0.15, 0.2) is 23.1 Å². The molecule has 9 heteroatoms. The summed E-state index contributed by atoms with van der Waals surface area (Å²) in [7, 11) is 0.